The number of benzene rings is 12. The van der Waals surface area contributed by atoms with Crippen molar-refractivity contribution in [3.05, 3.63) is 277 Å². The van der Waals surface area contributed by atoms with E-state index in [9.17, 15) is 0 Å². The van der Waals surface area contributed by atoms with Gasteiger partial charge in [-0.25, -0.2) is 0 Å². The predicted molar refractivity (Wildman–Crippen MR) is 302 cm³/mol. The van der Waals surface area contributed by atoms with E-state index in [1.165, 1.54) is 44.5 Å². The molecule has 0 radical (unpaired) electrons. The smallest absolute Gasteiger partial charge is 0.143 e. The topological polar surface area (TPSA) is 32.8 Å². The molecule has 73 heavy (non-hydrogen) atoms. The fourth-order valence-electron chi connectivity index (χ4n) is 13.0. The first kappa shape index (κ1) is 40.1. The molecule has 1 spiro atoms. The lowest BCUT2D eigenvalue weighted by Gasteiger charge is -2.34. The van der Waals surface area contributed by atoms with Crippen LogP contribution in [0.25, 0.3) is 87.7 Å². The molecule has 2 aromatic heterocycles. The quantitative estimate of drug-likeness (QED) is 0.166. The Morgan fingerprint density at radius 3 is 1.33 bits per heavy atom. The summed E-state index contributed by atoms with van der Waals surface area (Å²) in [5.41, 5.74) is 18.9. The molecule has 2 heterocycles. The van der Waals surface area contributed by atoms with Gasteiger partial charge in [0.15, 0.2) is 0 Å². The molecule has 14 aromatic rings. The summed E-state index contributed by atoms with van der Waals surface area (Å²) in [4.78, 5) is 4.90. The number of furan rings is 2. The van der Waals surface area contributed by atoms with Crippen LogP contribution in [0.2, 0.25) is 0 Å². The third-order valence-electron chi connectivity index (χ3n) is 15.8. The van der Waals surface area contributed by atoms with E-state index in [0.29, 0.717) is 0 Å². The Balaban J connectivity index is 1.18. The molecule has 0 saturated heterocycles. The van der Waals surface area contributed by atoms with Gasteiger partial charge < -0.3 is 18.6 Å². The molecule has 0 atom stereocenters. The summed E-state index contributed by atoms with van der Waals surface area (Å²) < 4.78 is 14.1. The van der Waals surface area contributed by atoms with Crippen molar-refractivity contribution in [2.75, 3.05) is 9.80 Å². The SMILES string of the molecule is c1ccc(N(c2ccccc2)c2cc3c(c4c2ccc2c5ccccc5oc24)-c2c(cc(N(c4ccccc4)c4ccccc4)c4c2ccc2oc5ccccc5c24)C32c3ccccc3-c3ccccc32)cc1. The number of para-hydroxylation sites is 6. The van der Waals surface area contributed by atoms with E-state index in [2.05, 4.69) is 265 Å². The maximum atomic E-state index is 7.31. The number of hydrogen-bond donors (Lipinski definition) is 0. The molecular formula is C69H42N2O2. The molecule has 4 nitrogen and oxygen atoms in total. The highest BCUT2D eigenvalue weighted by atomic mass is 16.3. The summed E-state index contributed by atoms with van der Waals surface area (Å²) in [6, 6.07) is 92.8. The van der Waals surface area contributed by atoms with Crippen molar-refractivity contribution in [1.29, 1.82) is 0 Å². The van der Waals surface area contributed by atoms with Crippen LogP contribution in [0.3, 0.4) is 0 Å². The molecule has 2 aliphatic rings. The molecule has 16 rings (SSSR count). The van der Waals surface area contributed by atoms with E-state index in [1.54, 1.807) is 0 Å². The van der Waals surface area contributed by atoms with Crippen LogP contribution in [0.1, 0.15) is 22.3 Å². The minimum Gasteiger partial charge on any atom is -0.456 e. The van der Waals surface area contributed by atoms with Gasteiger partial charge in [-0.2, -0.15) is 0 Å². The monoisotopic (exact) mass is 930 g/mol. The van der Waals surface area contributed by atoms with Crippen LogP contribution < -0.4 is 9.80 Å². The normalized spacial score (nSPS) is 13.0. The van der Waals surface area contributed by atoms with Crippen LogP contribution >= 0.6 is 0 Å². The van der Waals surface area contributed by atoms with E-state index in [4.69, 9.17) is 8.83 Å². The van der Waals surface area contributed by atoms with Gasteiger partial charge in [0, 0.05) is 60.5 Å². The highest BCUT2D eigenvalue weighted by Crippen LogP contribution is 2.68. The van der Waals surface area contributed by atoms with E-state index in [-0.39, 0.29) is 0 Å². The van der Waals surface area contributed by atoms with Crippen molar-refractivity contribution in [3.8, 4) is 22.3 Å². The van der Waals surface area contributed by atoms with Gasteiger partial charge in [-0.15, -0.1) is 0 Å². The minimum absolute atomic E-state index is 0.774. The Morgan fingerprint density at radius 2 is 0.726 bits per heavy atom. The summed E-state index contributed by atoms with van der Waals surface area (Å²) in [6.07, 6.45) is 0. The van der Waals surface area contributed by atoms with Gasteiger partial charge >= 0.3 is 0 Å². The third-order valence-corrected chi connectivity index (χ3v) is 15.8. The first-order chi connectivity index (χ1) is 36.3. The van der Waals surface area contributed by atoms with Crippen molar-refractivity contribution < 1.29 is 8.83 Å². The Morgan fingerprint density at radius 1 is 0.274 bits per heavy atom. The highest BCUT2D eigenvalue weighted by Gasteiger charge is 2.54. The Hall–Kier alpha value is -9.64. The first-order valence-electron chi connectivity index (χ1n) is 25.1. The molecule has 0 aliphatic heterocycles. The molecule has 0 fully saturated rings. The second kappa shape index (κ2) is 15.2. The molecule has 4 heteroatoms. The first-order valence-corrected chi connectivity index (χ1v) is 25.1. The molecule has 12 aromatic carbocycles. The molecule has 0 bridgehead atoms. The van der Waals surface area contributed by atoms with Gasteiger partial charge in [-0.05, 0) is 141 Å². The van der Waals surface area contributed by atoms with Crippen molar-refractivity contribution in [1.82, 2.24) is 0 Å². The Labute approximate surface area is 420 Å². The van der Waals surface area contributed by atoms with Crippen molar-refractivity contribution in [2.45, 2.75) is 5.41 Å². The van der Waals surface area contributed by atoms with E-state index >= 15 is 0 Å². The van der Waals surface area contributed by atoms with Gasteiger partial charge in [0.1, 0.15) is 22.3 Å². The molecule has 2 aliphatic carbocycles. The summed E-state index contributed by atoms with van der Waals surface area (Å²) in [7, 11) is 0. The minimum atomic E-state index is -0.774. The van der Waals surface area contributed by atoms with Crippen molar-refractivity contribution in [3.63, 3.8) is 0 Å². The second-order valence-electron chi connectivity index (χ2n) is 19.4. The molecular weight excluding hydrogens is 889 g/mol. The highest BCUT2D eigenvalue weighted by molar-refractivity contribution is 6.31. The largest absolute Gasteiger partial charge is 0.456 e. The third kappa shape index (κ3) is 5.44. The van der Waals surface area contributed by atoms with Gasteiger partial charge in [0.2, 0.25) is 0 Å². The molecule has 0 unspecified atom stereocenters. The molecule has 0 saturated carbocycles. The fraction of sp³-hybridized carbons (Fsp3) is 0.0145. The number of rotatable bonds is 6. The molecule has 340 valence electrons. The zero-order chi connectivity index (χ0) is 47.8. The van der Waals surface area contributed by atoms with E-state index < -0.39 is 5.41 Å². The lowest BCUT2D eigenvalue weighted by atomic mass is 9.70. The number of nitrogens with zero attached hydrogens (tertiary/aromatic N) is 2. The van der Waals surface area contributed by atoms with Crippen molar-refractivity contribution >= 4 is 99.5 Å². The summed E-state index contributed by atoms with van der Waals surface area (Å²) in [5, 5.41) is 8.82. The number of anilines is 6. The van der Waals surface area contributed by atoms with Crippen LogP contribution in [-0.4, -0.2) is 0 Å². The summed E-state index contributed by atoms with van der Waals surface area (Å²) >= 11 is 0. The lowest BCUT2D eigenvalue weighted by molar-refractivity contribution is 0.669. The summed E-state index contributed by atoms with van der Waals surface area (Å²) in [5.74, 6) is 0. The standard InChI is InChI=1S/C69H42N2O2/c1-5-21-43(22-6-1)70(44-23-7-2-8-24-44)58-41-57-67(66-51(58)38-37-50-49-31-15-19-35-60(49)73-68(50)66)63-53-39-40-62-65(52-32-16-20-36-61(52)72-62)64(53)59(71(45-25-9-3-10-26-45)46-27-11-4-12-28-46)42-56(63)69(57)54-33-17-13-29-47(54)48-30-14-18-34-55(48)69/h1-42H. The van der Waals surface area contributed by atoms with Crippen LogP contribution in [0.5, 0.6) is 0 Å². The summed E-state index contributed by atoms with van der Waals surface area (Å²) in [6.45, 7) is 0. The maximum Gasteiger partial charge on any atom is 0.143 e. The van der Waals surface area contributed by atoms with Crippen LogP contribution in [0, 0.1) is 0 Å². The van der Waals surface area contributed by atoms with E-state index in [1.807, 2.05) is 0 Å². The second-order valence-corrected chi connectivity index (χ2v) is 19.4. The molecule has 0 amide bonds. The Bertz CT molecular complexity index is 4430. The van der Waals surface area contributed by atoms with Gasteiger partial charge in [0.25, 0.3) is 0 Å². The average molecular weight is 931 g/mol. The number of fused-ring (bicyclic) bond motifs is 22. The van der Waals surface area contributed by atoms with Crippen molar-refractivity contribution in [2.24, 2.45) is 0 Å². The van der Waals surface area contributed by atoms with E-state index in [0.717, 1.165) is 99.5 Å². The van der Waals surface area contributed by atoms with Crippen LogP contribution in [0.4, 0.5) is 34.1 Å². The zero-order valence-electron chi connectivity index (χ0n) is 39.5. The molecule has 0 N–H and O–H groups in total. The van der Waals surface area contributed by atoms with Gasteiger partial charge in [0.05, 0.1) is 16.8 Å². The predicted octanol–water partition coefficient (Wildman–Crippen LogP) is 19.1. The Kier molecular flexibility index (Phi) is 8.35. The average Bonchev–Trinajstić information content (AvgIpc) is 4.21. The fourth-order valence-corrected chi connectivity index (χ4v) is 13.0. The lowest BCUT2D eigenvalue weighted by Crippen LogP contribution is -2.26. The van der Waals surface area contributed by atoms with Gasteiger partial charge in [-0.3, -0.25) is 0 Å². The number of hydrogen-bond acceptors (Lipinski definition) is 4. The van der Waals surface area contributed by atoms with Crippen LogP contribution in [0.15, 0.2) is 264 Å². The van der Waals surface area contributed by atoms with Crippen LogP contribution in [-0.2, 0) is 5.41 Å². The maximum absolute atomic E-state index is 7.31. The van der Waals surface area contributed by atoms with Gasteiger partial charge in [-0.1, -0.05) is 164 Å². The zero-order valence-corrected chi connectivity index (χ0v) is 39.5.